The topological polar surface area (TPSA) is 40.6 Å². The molecule has 2 aromatic rings. The van der Waals surface area contributed by atoms with Crippen LogP contribution in [-0.4, -0.2) is 53.7 Å². The van der Waals surface area contributed by atoms with Crippen LogP contribution >= 0.6 is 22.6 Å². The molecule has 2 bridgehead atoms. The van der Waals surface area contributed by atoms with Crippen molar-refractivity contribution < 1.29 is 9.59 Å². The molecule has 0 radical (unpaired) electrons. The standard InChI is InChI=1S/C22H22N2O2.CH3I/c1-23(2)11-12-24-21(25)19-17-13-7-3-4-8-14(13)18(20(19)22(24)26)16-10-6-5-9-15(16)17;1-2/h3-10,17-20H,11-12H2,1-2H3;1H3. The lowest BCUT2D eigenvalue weighted by Crippen LogP contribution is -2.41. The summed E-state index contributed by atoms with van der Waals surface area (Å²) in [6.07, 6.45) is 0. The Kier molecular flexibility index (Phi) is 5.31. The zero-order chi connectivity index (χ0) is 20.0. The number of nitrogens with zero attached hydrogens (tertiary/aromatic N) is 2. The van der Waals surface area contributed by atoms with E-state index in [1.807, 2.05) is 48.2 Å². The Labute approximate surface area is 180 Å². The Bertz CT molecular complexity index is 811. The lowest BCUT2D eigenvalue weighted by molar-refractivity contribution is -0.140. The quantitative estimate of drug-likeness (QED) is 0.378. The van der Waals surface area contributed by atoms with E-state index in [9.17, 15) is 9.59 Å². The molecule has 0 aromatic heterocycles. The number of likely N-dealkylation sites (N-methyl/N-ethyl adjacent to an activating group) is 1. The maximum absolute atomic E-state index is 13.3. The van der Waals surface area contributed by atoms with Crippen molar-refractivity contribution in [3.8, 4) is 0 Å². The maximum atomic E-state index is 13.3. The molecule has 0 N–H and O–H groups in total. The van der Waals surface area contributed by atoms with E-state index in [1.165, 1.54) is 27.2 Å². The molecule has 5 heteroatoms. The van der Waals surface area contributed by atoms with Gasteiger partial charge >= 0.3 is 0 Å². The number of likely N-dealkylation sites (tertiary alicyclic amines) is 1. The average molecular weight is 488 g/mol. The third-order valence-electron chi connectivity index (χ3n) is 6.31. The minimum absolute atomic E-state index is 0.00166. The Morgan fingerprint density at radius 2 is 1.14 bits per heavy atom. The van der Waals surface area contributed by atoms with Crippen molar-refractivity contribution in [3.63, 3.8) is 0 Å². The molecule has 1 aliphatic heterocycles. The molecule has 0 saturated carbocycles. The number of alkyl halides is 1. The van der Waals surface area contributed by atoms with Crippen molar-refractivity contribution in [2.75, 3.05) is 32.1 Å². The van der Waals surface area contributed by atoms with Gasteiger partial charge < -0.3 is 4.90 Å². The number of amides is 2. The van der Waals surface area contributed by atoms with Crippen molar-refractivity contribution in [1.82, 2.24) is 9.80 Å². The smallest absolute Gasteiger partial charge is 0.234 e. The van der Waals surface area contributed by atoms with Crippen LogP contribution in [0.4, 0.5) is 0 Å². The van der Waals surface area contributed by atoms with E-state index < -0.39 is 0 Å². The normalized spacial score (nSPS) is 26.5. The van der Waals surface area contributed by atoms with Crippen LogP contribution in [0.2, 0.25) is 0 Å². The van der Waals surface area contributed by atoms with Gasteiger partial charge in [-0.25, -0.2) is 0 Å². The number of imide groups is 1. The second-order valence-corrected chi connectivity index (χ2v) is 7.90. The lowest BCUT2D eigenvalue weighted by atomic mass is 9.55. The molecule has 2 amide bonds. The number of benzene rings is 2. The molecule has 4 aliphatic rings. The van der Waals surface area contributed by atoms with E-state index in [4.69, 9.17) is 0 Å². The molecule has 6 rings (SSSR count). The van der Waals surface area contributed by atoms with Gasteiger partial charge in [-0.05, 0) is 41.3 Å². The monoisotopic (exact) mass is 488 g/mol. The first-order valence-electron chi connectivity index (χ1n) is 9.65. The molecule has 4 nitrogen and oxygen atoms in total. The minimum atomic E-state index is -0.250. The van der Waals surface area contributed by atoms with Crippen molar-refractivity contribution in [3.05, 3.63) is 70.8 Å². The summed E-state index contributed by atoms with van der Waals surface area (Å²) < 4.78 is 0. The molecule has 1 heterocycles. The van der Waals surface area contributed by atoms with Crippen LogP contribution in [0.15, 0.2) is 48.5 Å². The largest absolute Gasteiger partial charge is 0.308 e. The summed E-state index contributed by atoms with van der Waals surface area (Å²) in [4.78, 5) is 32.0. The fraction of sp³-hybridized carbons (Fsp3) is 0.391. The van der Waals surface area contributed by atoms with E-state index in [1.54, 1.807) is 0 Å². The number of rotatable bonds is 3. The van der Waals surface area contributed by atoms with Gasteiger partial charge in [-0.2, -0.15) is 0 Å². The van der Waals surface area contributed by atoms with Gasteiger partial charge in [0.25, 0.3) is 0 Å². The number of hydrogen-bond donors (Lipinski definition) is 0. The van der Waals surface area contributed by atoms with Gasteiger partial charge in [-0.15, -0.1) is 0 Å². The van der Waals surface area contributed by atoms with Crippen LogP contribution in [0.5, 0.6) is 0 Å². The first kappa shape index (κ1) is 19.6. The highest BCUT2D eigenvalue weighted by molar-refractivity contribution is 14.1. The fourth-order valence-electron chi connectivity index (χ4n) is 5.26. The van der Waals surface area contributed by atoms with Gasteiger partial charge in [0.2, 0.25) is 11.8 Å². The highest BCUT2D eigenvalue weighted by atomic mass is 127. The number of hydrogen-bond acceptors (Lipinski definition) is 3. The summed E-state index contributed by atoms with van der Waals surface area (Å²) in [6.45, 7) is 1.18. The fourth-order valence-corrected chi connectivity index (χ4v) is 5.26. The summed E-state index contributed by atoms with van der Waals surface area (Å²) in [6, 6.07) is 16.7. The van der Waals surface area contributed by atoms with Crippen LogP contribution in [0.25, 0.3) is 0 Å². The molecule has 1 saturated heterocycles. The number of carbonyl (C=O) groups excluding carboxylic acids is 2. The molecule has 28 heavy (non-hydrogen) atoms. The molecule has 0 spiro atoms. The van der Waals surface area contributed by atoms with Crippen LogP contribution in [0.1, 0.15) is 34.1 Å². The Hall–Kier alpha value is -1.73. The van der Waals surface area contributed by atoms with Crippen molar-refractivity contribution in [2.24, 2.45) is 11.8 Å². The van der Waals surface area contributed by atoms with Crippen LogP contribution in [0, 0.1) is 11.8 Å². The molecule has 146 valence electrons. The summed E-state index contributed by atoms with van der Waals surface area (Å²) >= 11 is 2.15. The van der Waals surface area contributed by atoms with E-state index >= 15 is 0 Å². The van der Waals surface area contributed by atoms with E-state index in [0.29, 0.717) is 13.1 Å². The Morgan fingerprint density at radius 3 is 1.46 bits per heavy atom. The first-order chi connectivity index (χ1) is 13.6. The van der Waals surface area contributed by atoms with Gasteiger partial charge in [0.1, 0.15) is 0 Å². The minimum Gasteiger partial charge on any atom is -0.308 e. The lowest BCUT2D eigenvalue weighted by Gasteiger charge is -2.45. The van der Waals surface area contributed by atoms with Gasteiger partial charge in [0.15, 0.2) is 0 Å². The van der Waals surface area contributed by atoms with E-state index in [0.717, 1.165) is 0 Å². The summed E-state index contributed by atoms with van der Waals surface area (Å²) in [5.74, 6) is -0.475. The van der Waals surface area contributed by atoms with Crippen molar-refractivity contribution in [1.29, 1.82) is 0 Å². The molecular weight excluding hydrogens is 463 g/mol. The predicted octanol–water partition coefficient (Wildman–Crippen LogP) is 3.49. The third kappa shape index (κ3) is 2.74. The molecule has 1 fully saturated rings. The highest BCUT2D eigenvalue weighted by Gasteiger charge is 2.61. The molecule has 2 aromatic carbocycles. The van der Waals surface area contributed by atoms with Crippen LogP contribution in [-0.2, 0) is 9.59 Å². The van der Waals surface area contributed by atoms with E-state index in [-0.39, 0.29) is 35.5 Å². The molecule has 3 aliphatic carbocycles. The van der Waals surface area contributed by atoms with Crippen molar-refractivity contribution >= 4 is 34.4 Å². The van der Waals surface area contributed by atoms with Crippen LogP contribution in [0.3, 0.4) is 0 Å². The van der Waals surface area contributed by atoms with E-state index in [2.05, 4.69) is 46.9 Å². The number of carbonyl (C=O) groups is 2. The molecule has 2 unspecified atom stereocenters. The molecule has 2 atom stereocenters. The second-order valence-electron chi connectivity index (χ2n) is 7.90. The van der Waals surface area contributed by atoms with Gasteiger partial charge in [0.05, 0.1) is 11.8 Å². The Morgan fingerprint density at radius 1 is 0.786 bits per heavy atom. The SMILES string of the molecule is CI.CN(C)CCN1C(=O)C2C3c4ccccc4C(c4ccccc43)C2C1=O. The maximum Gasteiger partial charge on any atom is 0.234 e. The third-order valence-corrected chi connectivity index (χ3v) is 6.31. The molecular formula is C23H25IN2O2. The Balaban J connectivity index is 0.000000932. The summed E-state index contributed by atoms with van der Waals surface area (Å²) in [5.41, 5.74) is 4.92. The zero-order valence-corrected chi connectivity index (χ0v) is 18.6. The van der Waals surface area contributed by atoms with Gasteiger partial charge in [0, 0.05) is 24.9 Å². The highest BCUT2D eigenvalue weighted by Crippen LogP contribution is 2.60. The van der Waals surface area contributed by atoms with Crippen LogP contribution < -0.4 is 0 Å². The first-order valence-corrected chi connectivity index (χ1v) is 11.8. The van der Waals surface area contributed by atoms with Gasteiger partial charge in [-0.3, -0.25) is 14.5 Å². The van der Waals surface area contributed by atoms with Gasteiger partial charge in [-0.1, -0.05) is 71.1 Å². The summed E-state index contributed by atoms with van der Waals surface area (Å²) in [5, 5.41) is 0. The zero-order valence-electron chi connectivity index (χ0n) is 16.4. The summed E-state index contributed by atoms with van der Waals surface area (Å²) in [7, 11) is 3.93. The van der Waals surface area contributed by atoms with Crippen molar-refractivity contribution in [2.45, 2.75) is 11.8 Å². The predicted molar refractivity (Wildman–Crippen MR) is 119 cm³/mol. The second kappa shape index (κ2) is 7.59. The average Bonchev–Trinajstić information content (AvgIpc) is 2.98. The number of halogens is 1.